The summed E-state index contributed by atoms with van der Waals surface area (Å²) in [6, 6.07) is -0.258. The monoisotopic (exact) mass is 240 g/mol. The lowest BCUT2D eigenvalue weighted by Crippen LogP contribution is -2.35. The number of nitrogens with zero attached hydrogens (tertiary/aromatic N) is 1. The van der Waals surface area contributed by atoms with Crippen LogP contribution in [0.5, 0.6) is 0 Å². The highest BCUT2D eigenvalue weighted by Crippen LogP contribution is 2.19. The van der Waals surface area contributed by atoms with Gasteiger partial charge in [-0.2, -0.15) is 13.2 Å². The standard InChI is InChI=1S/C10H19F3N2O/c1-3-4-8(14)7-9(16)15(2)6-5-10(11,12)13/h8H,3-7,14H2,1-2H3. The molecule has 0 spiro atoms. The van der Waals surface area contributed by atoms with Crippen LogP contribution in [-0.2, 0) is 4.79 Å². The van der Waals surface area contributed by atoms with Crippen LogP contribution in [0.3, 0.4) is 0 Å². The maximum atomic E-state index is 11.9. The zero-order chi connectivity index (χ0) is 12.8. The molecule has 1 atom stereocenters. The lowest BCUT2D eigenvalue weighted by Gasteiger charge is -2.20. The van der Waals surface area contributed by atoms with Gasteiger partial charge in [0.1, 0.15) is 0 Å². The van der Waals surface area contributed by atoms with Crippen LogP contribution in [0.25, 0.3) is 0 Å². The second-order valence-electron chi connectivity index (χ2n) is 3.93. The van der Waals surface area contributed by atoms with Crippen LogP contribution in [0.4, 0.5) is 13.2 Å². The van der Waals surface area contributed by atoms with E-state index in [0.29, 0.717) is 6.42 Å². The SMILES string of the molecule is CCCC(N)CC(=O)N(C)CCC(F)(F)F. The molecule has 0 rings (SSSR count). The topological polar surface area (TPSA) is 46.3 Å². The van der Waals surface area contributed by atoms with Gasteiger partial charge in [0.2, 0.25) is 5.91 Å². The third kappa shape index (κ3) is 7.50. The van der Waals surface area contributed by atoms with E-state index in [1.807, 2.05) is 6.92 Å². The minimum absolute atomic E-state index is 0.113. The molecular formula is C10H19F3N2O. The van der Waals surface area contributed by atoms with E-state index in [4.69, 9.17) is 5.73 Å². The third-order valence-corrected chi connectivity index (χ3v) is 2.25. The van der Waals surface area contributed by atoms with E-state index in [1.54, 1.807) is 0 Å². The second kappa shape index (κ2) is 6.73. The van der Waals surface area contributed by atoms with Crippen molar-refractivity contribution < 1.29 is 18.0 Å². The van der Waals surface area contributed by atoms with E-state index in [2.05, 4.69) is 0 Å². The molecule has 0 heterocycles. The largest absolute Gasteiger partial charge is 0.390 e. The second-order valence-corrected chi connectivity index (χ2v) is 3.93. The highest BCUT2D eigenvalue weighted by atomic mass is 19.4. The summed E-state index contributed by atoms with van der Waals surface area (Å²) in [7, 11) is 1.37. The molecule has 0 aromatic carbocycles. The first-order chi connectivity index (χ1) is 7.26. The van der Waals surface area contributed by atoms with Gasteiger partial charge in [-0.25, -0.2) is 0 Å². The average Bonchev–Trinajstić information content (AvgIpc) is 2.13. The molecule has 16 heavy (non-hydrogen) atoms. The number of amides is 1. The number of hydrogen-bond acceptors (Lipinski definition) is 2. The Morgan fingerprint density at radius 3 is 2.44 bits per heavy atom. The molecule has 0 radical (unpaired) electrons. The summed E-state index contributed by atoms with van der Waals surface area (Å²) in [4.78, 5) is 12.5. The van der Waals surface area contributed by atoms with Gasteiger partial charge in [0.05, 0.1) is 6.42 Å². The van der Waals surface area contributed by atoms with Crippen molar-refractivity contribution in [2.24, 2.45) is 5.73 Å². The molecule has 0 aliphatic heterocycles. The van der Waals surface area contributed by atoms with Crippen molar-refractivity contribution in [3.8, 4) is 0 Å². The van der Waals surface area contributed by atoms with Crippen LogP contribution in [0, 0.1) is 0 Å². The quantitative estimate of drug-likeness (QED) is 0.771. The molecule has 6 heteroatoms. The molecule has 0 aromatic rings. The predicted molar refractivity (Wildman–Crippen MR) is 55.8 cm³/mol. The number of rotatable bonds is 6. The van der Waals surface area contributed by atoms with Gasteiger partial charge in [-0.1, -0.05) is 13.3 Å². The fraction of sp³-hybridized carbons (Fsp3) is 0.900. The van der Waals surface area contributed by atoms with Gasteiger partial charge >= 0.3 is 6.18 Å². The first-order valence-electron chi connectivity index (χ1n) is 5.32. The molecule has 96 valence electrons. The fourth-order valence-electron chi connectivity index (χ4n) is 1.27. The number of hydrogen-bond donors (Lipinski definition) is 1. The Bertz CT molecular complexity index is 219. The lowest BCUT2D eigenvalue weighted by molar-refractivity contribution is -0.144. The Morgan fingerprint density at radius 2 is 2.00 bits per heavy atom. The molecule has 0 bridgehead atoms. The zero-order valence-electron chi connectivity index (χ0n) is 9.68. The number of nitrogens with two attached hydrogens (primary N) is 1. The molecule has 1 unspecified atom stereocenters. The predicted octanol–water partition coefficient (Wildman–Crippen LogP) is 1.91. The van der Waals surface area contributed by atoms with E-state index in [-0.39, 0.29) is 24.9 Å². The number of halogens is 3. The van der Waals surface area contributed by atoms with Crippen molar-refractivity contribution in [3.63, 3.8) is 0 Å². The van der Waals surface area contributed by atoms with Crippen molar-refractivity contribution in [1.82, 2.24) is 4.90 Å². The summed E-state index contributed by atoms with van der Waals surface area (Å²) < 4.78 is 35.7. The maximum Gasteiger partial charge on any atom is 0.390 e. The minimum atomic E-state index is -4.22. The van der Waals surface area contributed by atoms with Crippen LogP contribution in [0.2, 0.25) is 0 Å². The Kier molecular flexibility index (Phi) is 6.40. The first kappa shape index (κ1) is 15.2. The molecule has 1 amide bonds. The van der Waals surface area contributed by atoms with Crippen molar-refractivity contribution in [2.75, 3.05) is 13.6 Å². The summed E-state index contributed by atoms with van der Waals surface area (Å²) in [6.45, 7) is 1.64. The van der Waals surface area contributed by atoms with Gasteiger partial charge in [-0.15, -0.1) is 0 Å². The van der Waals surface area contributed by atoms with E-state index >= 15 is 0 Å². The van der Waals surface area contributed by atoms with Crippen LogP contribution in [0.15, 0.2) is 0 Å². The lowest BCUT2D eigenvalue weighted by atomic mass is 10.1. The number of alkyl halides is 3. The molecular weight excluding hydrogens is 221 g/mol. The van der Waals surface area contributed by atoms with Gasteiger partial charge in [-0.3, -0.25) is 4.79 Å². The van der Waals surface area contributed by atoms with Crippen molar-refractivity contribution in [3.05, 3.63) is 0 Å². The van der Waals surface area contributed by atoms with Gasteiger partial charge < -0.3 is 10.6 Å². The van der Waals surface area contributed by atoms with Crippen LogP contribution < -0.4 is 5.73 Å². The van der Waals surface area contributed by atoms with E-state index in [0.717, 1.165) is 11.3 Å². The Morgan fingerprint density at radius 1 is 1.44 bits per heavy atom. The average molecular weight is 240 g/mol. The van der Waals surface area contributed by atoms with E-state index < -0.39 is 12.6 Å². The summed E-state index contributed by atoms with van der Waals surface area (Å²) in [5.74, 6) is -0.329. The molecule has 0 saturated heterocycles. The van der Waals surface area contributed by atoms with Crippen molar-refractivity contribution in [1.29, 1.82) is 0 Å². The zero-order valence-corrected chi connectivity index (χ0v) is 9.68. The first-order valence-corrected chi connectivity index (χ1v) is 5.32. The van der Waals surface area contributed by atoms with Crippen molar-refractivity contribution >= 4 is 5.91 Å². The van der Waals surface area contributed by atoms with Gasteiger partial charge in [0.15, 0.2) is 0 Å². The summed E-state index contributed by atoms with van der Waals surface area (Å²) in [5.41, 5.74) is 5.64. The normalized spacial score (nSPS) is 13.6. The van der Waals surface area contributed by atoms with Gasteiger partial charge in [0.25, 0.3) is 0 Å². The maximum absolute atomic E-state index is 11.9. The van der Waals surface area contributed by atoms with Gasteiger partial charge in [0, 0.05) is 26.1 Å². The summed E-state index contributed by atoms with van der Waals surface area (Å²) in [5, 5.41) is 0. The highest BCUT2D eigenvalue weighted by Gasteiger charge is 2.28. The Labute approximate surface area is 93.8 Å². The van der Waals surface area contributed by atoms with Crippen LogP contribution in [0.1, 0.15) is 32.6 Å². The third-order valence-electron chi connectivity index (χ3n) is 2.25. The summed E-state index contributed by atoms with van der Waals surface area (Å²) >= 11 is 0. The van der Waals surface area contributed by atoms with E-state index in [9.17, 15) is 18.0 Å². The smallest absolute Gasteiger partial charge is 0.345 e. The van der Waals surface area contributed by atoms with Crippen LogP contribution in [-0.4, -0.2) is 36.6 Å². The molecule has 0 aliphatic carbocycles. The van der Waals surface area contributed by atoms with E-state index in [1.165, 1.54) is 7.05 Å². The molecule has 0 aromatic heterocycles. The van der Waals surface area contributed by atoms with Crippen LogP contribution >= 0.6 is 0 Å². The minimum Gasteiger partial charge on any atom is -0.345 e. The fourth-order valence-corrected chi connectivity index (χ4v) is 1.27. The highest BCUT2D eigenvalue weighted by molar-refractivity contribution is 5.76. The number of carbonyl (C=O) groups is 1. The van der Waals surface area contributed by atoms with Crippen molar-refractivity contribution in [2.45, 2.75) is 44.8 Å². The molecule has 3 nitrogen and oxygen atoms in total. The molecule has 0 aliphatic rings. The Balaban J connectivity index is 3.90. The summed E-state index contributed by atoms with van der Waals surface area (Å²) in [6.07, 6.45) is -3.51. The Hall–Kier alpha value is -0.780. The molecule has 0 saturated carbocycles. The number of carbonyl (C=O) groups excluding carboxylic acids is 1. The molecule has 2 N–H and O–H groups in total. The van der Waals surface area contributed by atoms with Gasteiger partial charge in [-0.05, 0) is 6.42 Å². The molecule has 0 fully saturated rings.